The van der Waals surface area contributed by atoms with Crippen LogP contribution in [0.2, 0.25) is 0 Å². The van der Waals surface area contributed by atoms with E-state index >= 15 is 0 Å². The largest absolute Gasteiger partial charge is 0.495 e. The molecule has 6 nitrogen and oxygen atoms in total. The lowest BCUT2D eigenvalue weighted by atomic mass is 10.2. The first kappa shape index (κ1) is 14.9. The summed E-state index contributed by atoms with van der Waals surface area (Å²) in [6.07, 6.45) is 0.681. The Bertz CT molecular complexity index is 677. The Morgan fingerprint density at radius 2 is 2.19 bits per heavy atom. The van der Waals surface area contributed by atoms with E-state index in [0.717, 1.165) is 11.3 Å². The van der Waals surface area contributed by atoms with E-state index in [4.69, 9.17) is 10.5 Å². The summed E-state index contributed by atoms with van der Waals surface area (Å²) in [5.41, 5.74) is 9.13. The molecule has 2 aromatic rings. The van der Waals surface area contributed by atoms with Gasteiger partial charge in [-0.2, -0.15) is 5.10 Å². The van der Waals surface area contributed by atoms with Gasteiger partial charge in [0.05, 0.1) is 24.2 Å². The maximum atomic E-state index is 12.5. The molecule has 2 rings (SSSR count). The van der Waals surface area contributed by atoms with Crippen LogP contribution in [0.15, 0.2) is 18.2 Å². The number of nitrogen functional groups attached to an aromatic ring is 1. The lowest BCUT2D eigenvalue weighted by Gasteiger charge is -2.11. The average molecular weight is 288 g/mol. The molecule has 0 aliphatic carbocycles. The van der Waals surface area contributed by atoms with Crippen molar-refractivity contribution in [1.82, 2.24) is 9.78 Å². The molecule has 1 amide bonds. The van der Waals surface area contributed by atoms with Gasteiger partial charge < -0.3 is 15.8 Å². The molecule has 3 N–H and O–H groups in total. The summed E-state index contributed by atoms with van der Waals surface area (Å²) in [5, 5.41) is 7.08. The fourth-order valence-corrected chi connectivity index (χ4v) is 2.23. The van der Waals surface area contributed by atoms with Crippen molar-refractivity contribution in [2.75, 3.05) is 18.2 Å². The molecular formula is C15H20N4O2. The van der Waals surface area contributed by atoms with Crippen molar-refractivity contribution in [1.29, 1.82) is 0 Å². The van der Waals surface area contributed by atoms with Gasteiger partial charge in [-0.15, -0.1) is 0 Å². The van der Waals surface area contributed by atoms with Crippen molar-refractivity contribution in [2.45, 2.75) is 20.3 Å². The van der Waals surface area contributed by atoms with Crippen LogP contribution in [0.25, 0.3) is 0 Å². The van der Waals surface area contributed by atoms with Gasteiger partial charge >= 0.3 is 0 Å². The number of ether oxygens (including phenoxy) is 1. The number of amides is 1. The lowest BCUT2D eigenvalue weighted by Crippen LogP contribution is -2.18. The summed E-state index contributed by atoms with van der Waals surface area (Å²) >= 11 is 0. The number of carbonyl (C=O) groups excluding carboxylic acids is 1. The Morgan fingerprint density at radius 1 is 1.48 bits per heavy atom. The van der Waals surface area contributed by atoms with Gasteiger partial charge in [0.15, 0.2) is 0 Å². The molecule has 0 bridgehead atoms. The first-order valence-electron chi connectivity index (χ1n) is 6.75. The summed E-state index contributed by atoms with van der Waals surface area (Å²) in [4.78, 5) is 12.5. The highest BCUT2D eigenvalue weighted by Gasteiger charge is 2.20. The zero-order valence-electron chi connectivity index (χ0n) is 12.7. The number of nitrogens with one attached hydrogen (secondary N) is 1. The fourth-order valence-electron chi connectivity index (χ4n) is 2.23. The third kappa shape index (κ3) is 2.84. The zero-order valence-corrected chi connectivity index (χ0v) is 12.7. The first-order valence-corrected chi connectivity index (χ1v) is 6.75. The summed E-state index contributed by atoms with van der Waals surface area (Å²) < 4.78 is 6.76. The number of aryl methyl sites for hydroxylation is 3. The molecule has 0 aliphatic rings. The van der Waals surface area contributed by atoms with Crippen LogP contribution in [0.3, 0.4) is 0 Å². The van der Waals surface area contributed by atoms with Gasteiger partial charge in [0.1, 0.15) is 11.4 Å². The standard InChI is InChI=1S/C15H20N4O2/c1-5-10-13(16)14(19(3)18-10)15(20)17-11-8-9(2)6-7-12(11)21-4/h6-8H,5,16H2,1-4H3,(H,17,20). The van der Waals surface area contributed by atoms with E-state index in [9.17, 15) is 4.79 Å². The Balaban J connectivity index is 2.35. The minimum Gasteiger partial charge on any atom is -0.495 e. The van der Waals surface area contributed by atoms with Crippen LogP contribution < -0.4 is 15.8 Å². The van der Waals surface area contributed by atoms with Gasteiger partial charge in [0.25, 0.3) is 5.91 Å². The van der Waals surface area contributed by atoms with Crippen LogP contribution >= 0.6 is 0 Å². The molecule has 1 aromatic heterocycles. The van der Waals surface area contributed by atoms with E-state index in [2.05, 4.69) is 10.4 Å². The predicted molar refractivity (Wildman–Crippen MR) is 82.7 cm³/mol. The van der Waals surface area contributed by atoms with E-state index in [-0.39, 0.29) is 5.91 Å². The number of benzene rings is 1. The Labute approximate surface area is 123 Å². The van der Waals surface area contributed by atoms with Crippen LogP contribution in [-0.2, 0) is 13.5 Å². The number of rotatable bonds is 4. The Morgan fingerprint density at radius 3 is 2.76 bits per heavy atom. The fraction of sp³-hybridized carbons (Fsp3) is 0.333. The van der Waals surface area contributed by atoms with Crippen molar-refractivity contribution < 1.29 is 9.53 Å². The number of hydrogen-bond acceptors (Lipinski definition) is 4. The molecule has 0 unspecified atom stereocenters. The number of hydrogen-bond donors (Lipinski definition) is 2. The van der Waals surface area contributed by atoms with Crippen LogP contribution in [0, 0.1) is 6.92 Å². The van der Waals surface area contributed by atoms with Gasteiger partial charge in [0, 0.05) is 7.05 Å². The van der Waals surface area contributed by atoms with E-state index in [1.54, 1.807) is 14.2 Å². The smallest absolute Gasteiger partial charge is 0.276 e. The monoisotopic (exact) mass is 288 g/mol. The van der Waals surface area contributed by atoms with Crippen LogP contribution in [0.1, 0.15) is 28.7 Å². The number of carbonyl (C=O) groups is 1. The molecule has 0 saturated heterocycles. The second kappa shape index (κ2) is 5.87. The molecule has 21 heavy (non-hydrogen) atoms. The molecule has 0 fully saturated rings. The minimum atomic E-state index is -0.300. The first-order chi connectivity index (χ1) is 9.97. The molecule has 1 heterocycles. The Hall–Kier alpha value is -2.50. The second-order valence-electron chi connectivity index (χ2n) is 4.84. The quantitative estimate of drug-likeness (QED) is 0.903. The second-order valence-corrected chi connectivity index (χ2v) is 4.84. The zero-order chi connectivity index (χ0) is 15.6. The molecular weight excluding hydrogens is 268 g/mol. The van der Waals surface area contributed by atoms with E-state index < -0.39 is 0 Å². The number of nitrogens with zero attached hydrogens (tertiary/aromatic N) is 2. The molecule has 112 valence electrons. The van der Waals surface area contributed by atoms with Gasteiger partial charge in [-0.3, -0.25) is 9.48 Å². The van der Waals surface area contributed by atoms with Gasteiger partial charge in [-0.25, -0.2) is 0 Å². The lowest BCUT2D eigenvalue weighted by molar-refractivity contribution is 0.101. The van der Waals surface area contributed by atoms with Crippen LogP contribution in [0.5, 0.6) is 5.75 Å². The molecule has 0 radical (unpaired) electrons. The van der Waals surface area contributed by atoms with E-state index in [1.165, 1.54) is 4.68 Å². The van der Waals surface area contributed by atoms with Crippen molar-refractivity contribution in [2.24, 2.45) is 7.05 Å². The van der Waals surface area contributed by atoms with Crippen molar-refractivity contribution in [3.05, 3.63) is 35.2 Å². The van der Waals surface area contributed by atoms with Crippen LogP contribution in [-0.4, -0.2) is 22.8 Å². The molecule has 6 heteroatoms. The van der Waals surface area contributed by atoms with Gasteiger partial charge in [0.2, 0.25) is 0 Å². The van der Waals surface area contributed by atoms with Gasteiger partial charge in [-0.05, 0) is 31.0 Å². The third-order valence-electron chi connectivity index (χ3n) is 3.31. The SMILES string of the molecule is CCc1nn(C)c(C(=O)Nc2cc(C)ccc2OC)c1N. The summed E-state index contributed by atoms with van der Waals surface area (Å²) in [5.74, 6) is 0.302. The normalized spacial score (nSPS) is 10.5. The van der Waals surface area contributed by atoms with Crippen molar-refractivity contribution in [3.63, 3.8) is 0 Å². The highest BCUT2D eigenvalue weighted by molar-refractivity contribution is 6.07. The topological polar surface area (TPSA) is 82.2 Å². The number of nitrogens with two attached hydrogens (primary N) is 1. The predicted octanol–water partition coefficient (Wildman–Crippen LogP) is 2.13. The number of aromatic nitrogens is 2. The highest BCUT2D eigenvalue weighted by atomic mass is 16.5. The summed E-state index contributed by atoms with van der Waals surface area (Å²) in [6, 6.07) is 5.58. The van der Waals surface area contributed by atoms with Crippen LogP contribution in [0.4, 0.5) is 11.4 Å². The molecule has 1 aromatic carbocycles. The van der Waals surface area contributed by atoms with E-state index in [0.29, 0.717) is 29.2 Å². The van der Waals surface area contributed by atoms with E-state index in [1.807, 2.05) is 32.0 Å². The maximum absolute atomic E-state index is 12.5. The molecule has 0 saturated carbocycles. The summed E-state index contributed by atoms with van der Waals surface area (Å²) in [7, 11) is 3.27. The third-order valence-corrected chi connectivity index (χ3v) is 3.31. The minimum absolute atomic E-state index is 0.300. The highest BCUT2D eigenvalue weighted by Crippen LogP contribution is 2.26. The Kier molecular flexibility index (Phi) is 4.16. The molecule has 0 atom stereocenters. The van der Waals surface area contributed by atoms with Crippen molar-refractivity contribution >= 4 is 17.3 Å². The number of anilines is 2. The summed E-state index contributed by atoms with van der Waals surface area (Å²) in [6.45, 7) is 3.90. The average Bonchev–Trinajstić information content (AvgIpc) is 2.73. The molecule has 0 aliphatic heterocycles. The number of methoxy groups -OCH3 is 1. The van der Waals surface area contributed by atoms with Gasteiger partial charge in [-0.1, -0.05) is 13.0 Å². The van der Waals surface area contributed by atoms with Crippen molar-refractivity contribution in [3.8, 4) is 5.75 Å². The molecule has 0 spiro atoms. The maximum Gasteiger partial charge on any atom is 0.276 e.